The molecule has 0 spiro atoms. The highest BCUT2D eigenvalue weighted by Gasteiger charge is 2.33. The summed E-state index contributed by atoms with van der Waals surface area (Å²) < 4.78 is 52.9. The van der Waals surface area contributed by atoms with Gasteiger partial charge in [-0.2, -0.15) is 34.0 Å². The van der Waals surface area contributed by atoms with Gasteiger partial charge in [0, 0.05) is 0 Å². The minimum atomic E-state index is -4.63. The van der Waals surface area contributed by atoms with Crippen molar-refractivity contribution in [1.29, 1.82) is 5.26 Å². The van der Waals surface area contributed by atoms with Gasteiger partial charge in [-0.25, -0.2) is 9.07 Å². The average Bonchev–Trinajstić information content (AvgIpc) is 2.84. The van der Waals surface area contributed by atoms with Crippen molar-refractivity contribution in [2.45, 2.75) is 17.7 Å². The van der Waals surface area contributed by atoms with Gasteiger partial charge in [-0.1, -0.05) is 29.1 Å². The highest BCUT2D eigenvalue weighted by atomic mass is 35.5. The summed E-state index contributed by atoms with van der Waals surface area (Å²) in [5, 5.41) is 12.4. The predicted molar refractivity (Wildman–Crippen MR) is 87.0 cm³/mol. The first-order chi connectivity index (χ1) is 11.1. The van der Waals surface area contributed by atoms with Gasteiger partial charge in [-0.05, 0) is 18.4 Å². The Morgan fingerprint density at radius 2 is 1.88 bits per heavy atom. The molecule has 1 aromatic carbocycles. The van der Waals surface area contributed by atoms with E-state index in [0.29, 0.717) is 12.1 Å². The minimum absolute atomic E-state index is 0.0176. The first kappa shape index (κ1) is 18.8. The third-order valence-corrected chi connectivity index (χ3v) is 4.77. The summed E-state index contributed by atoms with van der Waals surface area (Å²) in [6.45, 7) is -1.01. The first-order valence-corrected chi connectivity index (χ1v) is 8.77. The van der Waals surface area contributed by atoms with Gasteiger partial charge in [0.25, 0.3) is 0 Å². The number of halogens is 6. The second kappa shape index (κ2) is 6.75. The molecule has 1 atom stereocenters. The molecular weight excluding hydrogens is 389 g/mol. The molecule has 1 heterocycles. The van der Waals surface area contributed by atoms with Crippen LogP contribution in [-0.4, -0.2) is 21.9 Å². The molecule has 0 saturated heterocycles. The van der Waals surface area contributed by atoms with E-state index in [0.717, 1.165) is 4.68 Å². The quantitative estimate of drug-likeness (QED) is 0.525. The van der Waals surface area contributed by atoms with Crippen molar-refractivity contribution in [2.75, 3.05) is 6.26 Å². The summed E-state index contributed by atoms with van der Waals surface area (Å²) in [5.74, 6) is 3.77. The van der Waals surface area contributed by atoms with Gasteiger partial charge >= 0.3 is 6.18 Å². The van der Waals surface area contributed by atoms with E-state index in [1.807, 2.05) is 6.07 Å². The largest absolute Gasteiger partial charge is 0.416 e. The van der Waals surface area contributed by atoms with Gasteiger partial charge in [0.1, 0.15) is 18.4 Å². The van der Waals surface area contributed by atoms with Crippen molar-refractivity contribution in [3.05, 3.63) is 39.1 Å². The van der Waals surface area contributed by atoms with Gasteiger partial charge in [0.05, 0.1) is 26.2 Å². The lowest BCUT2D eigenvalue weighted by atomic mass is 10.2. The van der Waals surface area contributed by atoms with Crippen LogP contribution in [0.4, 0.5) is 17.6 Å². The zero-order valence-electron chi connectivity index (χ0n) is 12.1. The molecule has 0 radical (unpaired) electrons. The van der Waals surface area contributed by atoms with Gasteiger partial charge in [0.2, 0.25) is 0 Å². The third-order valence-electron chi connectivity index (χ3n) is 3.07. The van der Waals surface area contributed by atoms with E-state index in [1.165, 1.54) is 0 Å². The highest BCUT2D eigenvalue weighted by molar-refractivity contribution is 8.13. The Balaban J connectivity index is 2.79. The Morgan fingerprint density at radius 1 is 1.33 bits per heavy atom. The fourth-order valence-corrected chi connectivity index (χ4v) is 3.72. The molecule has 0 aliphatic carbocycles. The lowest BCUT2D eigenvalue weighted by molar-refractivity contribution is -0.137. The van der Waals surface area contributed by atoms with Gasteiger partial charge in [0.15, 0.2) is 5.69 Å². The van der Waals surface area contributed by atoms with Crippen molar-refractivity contribution in [3.8, 4) is 11.8 Å². The van der Waals surface area contributed by atoms with Crippen molar-refractivity contribution in [1.82, 2.24) is 9.78 Å². The lowest BCUT2D eigenvalue weighted by Crippen LogP contribution is -2.08. The second-order valence-electron chi connectivity index (χ2n) is 4.71. The molecule has 128 valence electrons. The Kier molecular flexibility index (Phi) is 5.28. The van der Waals surface area contributed by atoms with Crippen LogP contribution in [0.1, 0.15) is 17.0 Å². The van der Waals surface area contributed by atoms with Crippen molar-refractivity contribution >= 4 is 39.6 Å². The number of hydrogen-bond acceptors (Lipinski definition) is 2. The molecule has 3 nitrogen and oxygen atoms in total. The Bertz CT molecular complexity index is 845. The predicted octanol–water partition coefficient (Wildman–Crippen LogP) is 5.23. The van der Waals surface area contributed by atoms with Crippen LogP contribution in [0.5, 0.6) is 0 Å². The maximum Gasteiger partial charge on any atom is 0.416 e. The number of nitrogens with zero attached hydrogens (tertiary/aromatic N) is 3. The fourth-order valence-electron chi connectivity index (χ4n) is 2.11. The molecule has 0 aliphatic rings. The second-order valence-corrected chi connectivity index (χ2v) is 7.20. The molecule has 0 saturated carbocycles. The van der Waals surface area contributed by atoms with E-state index in [2.05, 4.69) is 11.0 Å². The standard InChI is InChI=1S/C14H9Cl2F4N3S/c1-24(2)13-10(6-21)22-23(11(13)5-17)12-8(15)3-7(4-9(12)16)14(18,19)20/h3-4H,1,5H2,2H3. The number of hydrogen-bond donors (Lipinski definition) is 0. The fraction of sp³-hybridized carbons (Fsp3) is 0.214. The molecule has 0 fully saturated rings. The molecule has 1 aromatic heterocycles. The van der Waals surface area contributed by atoms with E-state index >= 15 is 0 Å². The highest BCUT2D eigenvalue weighted by Crippen LogP contribution is 2.39. The summed E-state index contributed by atoms with van der Waals surface area (Å²) in [7, 11) is -0.748. The Morgan fingerprint density at radius 3 is 2.25 bits per heavy atom. The van der Waals surface area contributed by atoms with E-state index < -0.39 is 28.9 Å². The smallest absolute Gasteiger partial charge is 0.244 e. The van der Waals surface area contributed by atoms with Crippen LogP contribution in [0.2, 0.25) is 10.0 Å². The monoisotopic (exact) mass is 397 g/mol. The maximum atomic E-state index is 13.5. The average molecular weight is 398 g/mol. The van der Waals surface area contributed by atoms with E-state index in [1.54, 1.807) is 6.26 Å². The molecule has 2 aromatic rings. The number of rotatable bonds is 3. The van der Waals surface area contributed by atoms with Gasteiger partial charge in [-0.3, -0.25) is 0 Å². The molecule has 0 N–H and O–H groups in total. The molecule has 0 bridgehead atoms. The minimum Gasteiger partial charge on any atom is -0.244 e. The topological polar surface area (TPSA) is 41.6 Å². The van der Waals surface area contributed by atoms with Crippen LogP contribution >= 0.6 is 33.7 Å². The molecule has 24 heavy (non-hydrogen) atoms. The SMILES string of the molecule is C=S(C)c1c(C#N)nn(-c2c(Cl)cc(C(F)(F)F)cc2Cl)c1CF. The third kappa shape index (κ3) is 3.29. The van der Waals surface area contributed by atoms with Crippen LogP contribution < -0.4 is 0 Å². The summed E-state index contributed by atoms with van der Waals surface area (Å²) in [6.07, 6.45) is -2.97. The zero-order valence-corrected chi connectivity index (χ0v) is 14.4. The molecular formula is C14H9Cl2F4N3S. The van der Waals surface area contributed by atoms with Crippen molar-refractivity contribution < 1.29 is 17.6 Å². The van der Waals surface area contributed by atoms with E-state index in [9.17, 15) is 17.6 Å². The first-order valence-electron chi connectivity index (χ1n) is 6.22. The van der Waals surface area contributed by atoms with E-state index in [-0.39, 0.29) is 32.0 Å². The van der Waals surface area contributed by atoms with Gasteiger partial charge < -0.3 is 0 Å². The van der Waals surface area contributed by atoms with Crippen LogP contribution in [0.3, 0.4) is 0 Å². The number of nitriles is 1. The Hall–Kier alpha value is -1.56. The summed E-state index contributed by atoms with van der Waals surface area (Å²) in [5.41, 5.74) is -1.25. The van der Waals surface area contributed by atoms with Crippen LogP contribution in [0, 0.1) is 11.3 Å². The van der Waals surface area contributed by atoms with Crippen LogP contribution in [-0.2, 0) is 12.9 Å². The molecule has 0 aliphatic heterocycles. The summed E-state index contributed by atoms with van der Waals surface area (Å²) >= 11 is 11.8. The molecule has 1 unspecified atom stereocenters. The maximum absolute atomic E-state index is 13.5. The molecule has 10 heteroatoms. The van der Waals surface area contributed by atoms with E-state index in [4.69, 9.17) is 28.5 Å². The molecule has 0 amide bonds. The summed E-state index contributed by atoms with van der Waals surface area (Å²) in [4.78, 5) is 0.284. The van der Waals surface area contributed by atoms with Crippen LogP contribution in [0.25, 0.3) is 5.69 Å². The van der Waals surface area contributed by atoms with Crippen LogP contribution in [0.15, 0.2) is 17.0 Å². The van der Waals surface area contributed by atoms with Crippen molar-refractivity contribution in [2.24, 2.45) is 0 Å². The molecule has 2 rings (SSSR count). The van der Waals surface area contributed by atoms with Gasteiger partial charge in [-0.15, -0.1) is 0 Å². The number of benzene rings is 1. The summed E-state index contributed by atoms with van der Waals surface area (Å²) in [6, 6.07) is 3.17. The number of aromatic nitrogens is 2. The lowest BCUT2D eigenvalue weighted by Gasteiger charge is -2.14. The normalized spacial score (nSPS) is 12.9. The van der Waals surface area contributed by atoms with Crippen molar-refractivity contribution in [3.63, 3.8) is 0 Å². The zero-order chi connectivity index (χ0) is 18.2. The Labute approximate surface area is 147 Å². The number of alkyl halides is 4.